The van der Waals surface area contributed by atoms with Crippen LogP contribution in [-0.4, -0.2) is 17.0 Å². The second kappa shape index (κ2) is 11.3. The van der Waals surface area contributed by atoms with Crippen molar-refractivity contribution in [3.05, 3.63) is 0 Å². The van der Waals surface area contributed by atoms with Crippen molar-refractivity contribution in [3.63, 3.8) is 0 Å². The number of carbonyl (C=O) groups excluding carboxylic acids is 1. The summed E-state index contributed by atoms with van der Waals surface area (Å²) >= 11 is 0. The van der Waals surface area contributed by atoms with E-state index in [4.69, 9.17) is 9.90 Å². The molecule has 1 N–H and O–H groups in total. The van der Waals surface area contributed by atoms with Gasteiger partial charge < -0.3 is 15.0 Å². The topological polar surface area (TPSA) is 77.4 Å². The van der Waals surface area contributed by atoms with E-state index in [-0.39, 0.29) is 25.3 Å². The van der Waals surface area contributed by atoms with Crippen molar-refractivity contribution in [2.75, 3.05) is 0 Å². The van der Waals surface area contributed by atoms with Crippen LogP contribution in [0, 0.1) is 0 Å². The number of rotatable bonds is 1. The molecule has 54 valence electrons. The largest absolute Gasteiger partial charge is 1.00 e. The fraction of sp³-hybridized carbons (Fsp3) is 0.600. The molecule has 0 atom stereocenters. The van der Waals surface area contributed by atoms with Crippen LogP contribution in [0.4, 0.5) is 0 Å². The first-order valence-electron chi connectivity index (χ1n) is 2.40. The number of carboxylic acid groups (broad SMARTS) is 2. The maximum absolute atomic E-state index is 9.26. The smallest absolute Gasteiger partial charge is 0.550 e. The van der Waals surface area contributed by atoms with Gasteiger partial charge in [-0.15, -0.1) is 0 Å². The first-order chi connectivity index (χ1) is 4.00. The molecule has 0 aliphatic carbocycles. The molecule has 0 aliphatic rings. The van der Waals surface area contributed by atoms with E-state index in [9.17, 15) is 9.90 Å². The van der Waals surface area contributed by atoms with E-state index >= 15 is 0 Å². The molecule has 5 heteroatoms. The molecule has 0 aliphatic heterocycles. The Morgan fingerprint density at radius 3 is 1.60 bits per heavy atom. The van der Waals surface area contributed by atoms with Crippen molar-refractivity contribution in [2.45, 2.75) is 20.3 Å². The summed E-state index contributed by atoms with van der Waals surface area (Å²) in [4.78, 5) is 18.3. The van der Waals surface area contributed by atoms with Crippen LogP contribution < -0.4 is 24.0 Å². The van der Waals surface area contributed by atoms with Crippen molar-refractivity contribution in [3.8, 4) is 0 Å². The minimum Gasteiger partial charge on any atom is -0.550 e. The first-order valence-corrected chi connectivity index (χ1v) is 2.40. The fourth-order valence-corrected chi connectivity index (χ4v) is 0. The standard InChI is InChI=1S/C3H6O2.C2H4O2.Li/c1-2-3(4)5;1-2(3)4;/h2H2,1H3,(H,4,5);1H3,(H,3,4);/q;;+1/p-1. The fourth-order valence-electron chi connectivity index (χ4n) is 0. The van der Waals surface area contributed by atoms with Crippen LogP contribution in [-0.2, 0) is 9.59 Å². The van der Waals surface area contributed by atoms with Crippen LogP contribution in [0.3, 0.4) is 0 Å². The SMILES string of the molecule is CC(=O)O.CCC(=O)[O-].[Li+]. The molecule has 0 bridgehead atoms. The molecule has 0 saturated heterocycles. The van der Waals surface area contributed by atoms with Gasteiger partial charge in [0.15, 0.2) is 0 Å². The molecule has 0 saturated carbocycles. The number of hydrogen-bond acceptors (Lipinski definition) is 3. The van der Waals surface area contributed by atoms with Gasteiger partial charge >= 0.3 is 18.9 Å². The van der Waals surface area contributed by atoms with Crippen molar-refractivity contribution >= 4 is 11.9 Å². The van der Waals surface area contributed by atoms with Gasteiger partial charge in [0.2, 0.25) is 0 Å². The van der Waals surface area contributed by atoms with Gasteiger partial charge in [-0.25, -0.2) is 0 Å². The van der Waals surface area contributed by atoms with Gasteiger partial charge in [0, 0.05) is 12.9 Å². The predicted molar refractivity (Wildman–Crippen MR) is 28.6 cm³/mol. The number of hydrogen-bond donors (Lipinski definition) is 1. The molecule has 0 aromatic rings. The Morgan fingerprint density at radius 2 is 1.60 bits per heavy atom. The van der Waals surface area contributed by atoms with Crippen LogP contribution in [0.1, 0.15) is 20.3 Å². The molecule has 0 radical (unpaired) electrons. The van der Waals surface area contributed by atoms with Crippen molar-refractivity contribution in [1.29, 1.82) is 0 Å². The summed E-state index contributed by atoms with van der Waals surface area (Å²) in [6.45, 7) is 2.62. The Balaban J connectivity index is -0.0000000910. The summed E-state index contributed by atoms with van der Waals surface area (Å²) < 4.78 is 0. The van der Waals surface area contributed by atoms with Gasteiger partial charge in [0.1, 0.15) is 0 Å². The molecule has 0 spiro atoms. The molecule has 4 nitrogen and oxygen atoms in total. The minimum atomic E-state index is -0.995. The van der Waals surface area contributed by atoms with E-state index in [1.807, 2.05) is 0 Å². The Labute approximate surface area is 71.4 Å². The number of aliphatic carboxylic acids is 2. The summed E-state index contributed by atoms with van der Waals surface area (Å²) in [5.74, 6) is -1.83. The molecule has 0 heterocycles. The molecule has 0 amide bonds. The van der Waals surface area contributed by atoms with Gasteiger partial charge in [-0.3, -0.25) is 4.79 Å². The van der Waals surface area contributed by atoms with E-state index < -0.39 is 11.9 Å². The maximum Gasteiger partial charge on any atom is 1.00 e. The summed E-state index contributed by atoms with van der Waals surface area (Å²) in [5, 5.41) is 16.7. The van der Waals surface area contributed by atoms with Crippen LogP contribution in [0.5, 0.6) is 0 Å². The molecule has 0 fully saturated rings. The summed E-state index contributed by atoms with van der Waals surface area (Å²) in [6.07, 6.45) is 0.111. The van der Waals surface area contributed by atoms with Crippen LogP contribution in [0.15, 0.2) is 0 Å². The second-order valence-corrected chi connectivity index (χ2v) is 1.24. The molecular formula is C5H9LiO4. The monoisotopic (exact) mass is 140 g/mol. The van der Waals surface area contributed by atoms with Crippen LogP contribution >= 0.6 is 0 Å². The maximum atomic E-state index is 9.26. The van der Waals surface area contributed by atoms with Crippen molar-refractivity contribution in [2.24, 2.45) is 0 Å². The molecule has 10 heavy (non-hydrogen) atoms. The summed E-state index contributed by atoms with van der Waals surface area (Å²) in [7, 11) is 0. The molecule has 0 rings (SSSR count). The molecule has 0 aromatic carbocycles. The van der Waals surface area contributed by atoms with E-state index in [1.165, 1.54) is 6.92 Å². The molecular weight excluding hydrogens is 131 g/mol. The number of carboxylic acids is 2. The quantitative estimate of drug-likeness (QED) is 0.379. The summed E-state index contributed by atoms with van der Waals surface area (Å²) in [6, 6.07) is 0. The van der Waals surface area contributed by atoms with E-state index in [0.717, 1.165) is 6.92 Å². The van der Waals surface area contributed by atoms with Gasteiger partial charge in [0.25, 0.3) is 5.97 Å². The number of carbonyl (C=O) groups is 2. The normalized spacial score (nSPS) is 6.20. The van der Waals surface area contributed by atoms with Crippen molar-refractivity contribution < 1.29 is 38.7 Å². The van der Waals surface area contributed by atoms with Gasteiger partial charge in [0.05, 0.1) is 0 Å². The molecule has 0 aromatic heterocycles. The average molecular weight is 140 g/mol. The van der Waals surface area contributed by atoms with Crippen molar-refractivity contribution in [1.82, 2.24) is 0 Å². The van der Waals surface area contributed by atoms with E-state index in [1.54, 1.807) is 0 Å². The third-order valence-corrected chi connectivity index (χ3v) is 0.289. The predicted octanol–water partition coefficient (Wildman–Crippen LogP) is -3.76. The van der Waals surface area contributed by atoms with Gasteiger partial charge in [-0.1, -0.05) is 6.92 Å². The average Bonchev–Trinajstić information content (AvgIpc) is 1.65. The van der Waals surface area contributed by atoms with E-state index in [0.29, 0.717) is 0 Å². The van der Waals surface area contributed by atoms with E-state index in [2.05, 4.69) is 0 Å². The zero-order valence-electron chi connectivity index (χ0n) is 6.38. The Hall–Kier alpha value is -0.463. The van der Waals surface area contributed by atoms with Gasteiger partial charge in [-0.05, 0) is 6.42 Å². The van der Waals surface area contributed by atoms with Crippen LogP contribution in [0.2, 0.25) is 0 Å². The zero-order valence-corrected chi connectivity index (χ0v) is 6.38. The third-order valence-electron chi connectivity index (χ3n) is 0.289. The van der Waals surface area contributed by atoms with Crippen LogP contribution in [0.25, 0.3) is 0 Å². The minimum absolute atomic E-state index is 0. The summed E-state index contributed by atoms with van der Waals surface area (Å²) in [5.41, 5.74) is 0. The second-order valence-electron chi connectivity index (χ2n) is 1.24. The first kappa shape index (κ1) is 16.3. The van der Waals surface area contributed by atoms with Gasteiger partial charge in [-0.2, -0.15) is 0 Å². The zero-order chi connectivity index (χ0) is 7.86. The Kier molecular flexibility index (Phi) is 18.5. The molecule has 0 unspecified atom stereocenters. The third kappa shape index (κ3) is 136. The Morgan fingerprint density at radius 1 is 1.50 bits per heavy atom. The Bertz CT molecular complexity index is 97.8.